The van der Waals surface area contributed by atoms with Crippen molar-refractivity contribution >= 4 is 18.0 Å². The molecule has 0 fully saturated rings. The number of carbonyl (C=O) groups is 1. The van der Waals surface area contributed by atoms with Gasteiger partial charge in [-0.1, -0.05) is 69.0 Å². The Labute approximate surface area is 164 Å². The lowest BCUT2D eigenvalue weighted by atomic mass is 9.95. The number of rotatable bonds is 9. The molecular formula is C24H33O2P. The second-order valence-electron chi connectivity index (χ2n) is 7.65. The lowest BCUT2D eigenvalue weighted by Crippen LogP contribution is -2.18. The number of hydrogen-bond donors (Lipinski definition) is 0. The minimum absolute atomic E-state index is 0.165. The maximum absolute atomic E-state index is 14.1. The second-order valence-corrected chi connectivity index (χ2v) is 10.5. The van der Waals surface area contributed by atoms with Crippen molar-refractivity contribution in [1.82, 2.24) is 0 Å². The average Bonchev–Trinajstić information content (AvgIpc) is 2.66. The van der Waals surface area contributed by atoms with Gasteiger partial charge < -0.3 is 4.57 Å². The Bertz CT molecular complexity index is 837. The van der Waals surface area contributed by atoms with E-state index in [0.29, 0.717) is 17.0 Å². The second kappa shape index (κ2) is 9.51. The van der Waals surface area contributed by atoms with E-state index in [1.807, 2.05) is 57.2 Å². The molecule has 0 N–H and O–H groups in total. The van der Waals surface area contributed by atoms with Gasteiger partial charge in [-0.25, -0.2) is 0 Å². The average molecular weight is 385 g/mol. The molecule has 2 rings (SSSR count). The van der Waals surface area contributed by atoms with Gasteiger partial charge in [-0.2, -0.15) is 0 Å². The van der Waals surface area contributed by atoms with E-state index in [4.69, 9.17) is 0 Å². The molecule has 27 heavy (non-hydrogen) atoms. The normalized spacial score (nSPS) is 13.4. The van der Waals surface area contributed by atoms with E-state index in [-0.39, 0.29) is 5.52 Å². The molecule has 0 aromatic heterocycles. The number of unbranched alkanes of at least 4 members (excludes halogenated alkanes) is 4. The Hall–Kier alpha value is -1.66. The van der Waals surface area contributed by atoms with Gasteiger partial charge in [-0.3, -0.25) is 4.79 Å². The van der Waals surface area contributed by atoms with E-state index in [1.54, 1.807) is 0 Å². The topological polar surface area (TPSA) is 34.1 Å². The fraction of sp³-hybridized carbons (Fsp3) is 0.458. The van der Waals surface area contributed by atoms with E-state index >= 15 is 0 Å². The summed E-state index contributed by atoms with van der Waals surface area (Å²) < 4.78 is 14.1. The van der Waals surface area contributed by atoms with Gasteiger partial charge in [0.2, 0.25) is 5.52 Å². The highest BCUT2D eigenvalue weighted by Gasteiger charge is 2.35. The maximum atomic E-state index is 14.1. The van der Waals surface area contributed by atoms with Gasteiger partial charge in [0, 0.05) is 17.0 Å². The third kappa shape index (κ3) is 4.79. The Morgan fingerprint density at radius 1 is 0.852 bits per heavy atom. The highest BCUT2D eigenvalue weighted by atomic mass is 31.2. The highest BCUT2D eigenvalue weighted by Crippen LogP contribution is 2.50. The Balaban J connectivity index is 2.44. The zero-order chi connectivity index (χ0) is 20.0. The van der Waals surface area contributed by atoms with Crippen LogP contribution in [0.2, 0.25) is 0 Å². The molecule has 0 heterocycles. The molecule has 0 bridgehead atoms. The third-order valence-electron chi connectivity index (χ3n) is 5.65. The van der Waals surface area contributed by atoms with Gasteiger partial charge in [0.05, 0.1) is 0 Å². The molecule has 0 saturated carbocycles. The van der Waals surface area contributed by atoms with Crippen molar-refractivity contribution in [3.05, 3.63) is 64.2 Å². The van der Waals surface area contributed by atoms with Gasteiger partial charge in [0.25, 0.3) is 0 Å². The van der Waals surface area contributed by atoms with E-state index < -0.39 is 7.14 Å². The van der Waals surface area contributed by atoms with Crippen molar-refractivity contribution < 1.29 is 9.36 Å². The first-order valence-corrected chi connectivity index (χ1v) is 12.0. The van der Waals surface area contributed by atoms with Crippen LogP contribution >= 0.6 is 7.14 Å². The van der Waals surface area contributed by atoms with Crippen LogP contribution < -0.4 is 5.30 Å². The van der Waals surface area contributed by atoms with Crippen molar-refractivity contribution in [2.45, 2.75) is 66.7 Å². The van der Waals surface area contributed by atoms with Gasteiger partial charge in [0.15, 0.2) is 7.14 Å². The number of hydrogen-bond acceptors (Lipinski definition) is 2. The zero-order valence-corrected chi connectivity index (χ0v) is 18.4. The van der Waals surface area contributed by atoms with Crippen LogP contribution in [0, 0.1) is 27.7 Å². The van der Waals surface area contributed by atoms with Gasteiger partial charge >= 0.3 is 0 Å². The molecule has 2 aromatic rings. The van der Waals surface area contributed by atoms with Gasteiger partial charge in [-0.15, -0.1) is 0 Å². The van der Waals surface area contributed by atoms with Gasteiger partial charge in [-0.05, 0) is 56.4 Å². The molecule has 0 saturated heterocycles. The third-order valence-corrected chi connectivity index (χ3v) is 8.61. The van der Waals surface area contributed by atoms with Crippen LogP contribution in [-0.2, 0) is 4.57 Å². The Morgan fingerprint density at radius 3 is 2.11 bits per heavy atom. The summed E-state index contributed by atoms with van der Waals surface area (Å²) in [6.07, 6.45) is 5.84. The van der Waals surface area contributed by atoms with Crippen molar-refractivity contribution in [2.75, 3.05) is 6.16 Å². The molecule has 2 aromatic carbocycles. The van der Waals surface area contributed by atoms with E-state index in [2.05, 4.69) is 13.8 Å². The predicted molar refractivity (Wildman–Crippen MR) is 117 cm³/mol. The molecule has 0 aliphatic rings. The highest BCUT2D eigenvalue weighted by molar-refractivity contribution is 7.87. The lowest BCUT2D eigenvalue weighted by molar-refractivity contribution is 0.107. The summed E-state index contributed by atoms with van der Waals surface area (Å²) in [6, 6.07) is 11.4. The molecule has 3 heteroatoms. The molecule has 1 atom stereocenters. The van der Waals surface area contributed by atoms with Crippen LogP contribution in [0.5, 0.6) is 0 Å². The standard InChI is InChI=1S/C24H33O2P/c1-6-7-8-9-13-16-27(26,22-14-11-10-12-15-22)24(25)23-19(3)17-18(2)20(4)21(23)5/h10-12,14-15,17H,6-9,13,16H2,1-5H3. The number of carbonyl (C=O) groups excluding carboxylic acids is 1. The van der Waals surface area contributed by atoms with Crippen molar-refractivity contribution in [3.63, 3.8) is 0 Å². The van der Waals surface area contributed by atoms with Crippen LogP contribution in [0.4, 0.5) is 0 Å². The summed E-state index contributed by atoms with van der Waals surface area (Å²) in [5.41, 5.74) is 4.70. The summed E-state index contributed by atoms with van der Waals surface area (Å²) in [6.45, 7) is 10.2. The molecule has 0 radical (unpaired) electrons. The van der Waals surface area contributed by atoms with Crippen LogP contribution in [0.15, 0.2) is 36.4 Å². The lowest BCUT2D eigenvalue weighted by Gasteiger charge is -2.21. The smallest absolute Gasteiger partial charge is 0.226 e. The van der Waals surface area contributed by atoms with E-state index in [0.717, 1.165) is 36.0 Å². The molecule has 1 unspecified atom stereocenters. The van der Waals surface area contributed by atoms with Crippen LogP contribution in [-0.4, -0.2) is 11.7 Å². The first-order valence-electron chi connectivity index (χ1n) is 10.1. The van der Waals surface area contributed by atoms with E-state index in [1.165, 1.54) is 18.4 Å². The van der Waals surface area contributed by atoms with E-state index in [9.17, 15) is 9.36 Å². The predicted octanol–water partition coefficient (Wildman–Crippen LogP) is 6.72. The fourth-order valence-electron chi connectivity index (χ4n) is 3.75. The minimum Gasteiger partial charge on any atom is -0.310 e. The van der Waals surface area contributed by atoms with Crippen molar-refractivity contribution in [1.29, 1.82) is 0 Å². The molecule has 0 aliphatic carbocycles. The summed E-state index contributed by atoms with van der Waals surface area (Å²) in [5.74, 6) is 0. The Morgan fingerprint density at radius 2 is 1.48 bits per heavy atom. The quantitative estimate of drug-likeness (QED) is 0.355. The summed E-state index contributed by atoms with van der Waals surface area (Å²) in [4.78, 5) is 13.6. The minimum atomic E-state index is -3.16. The monoisotopic (exact) mass is 384 g/mol. The molecule has 0 amide bonds. The molecule has 2 nitrogen and oxygen atoms in total. The van der Waals surface area contributed by atoms with Crippen LogP contribution in [0.1, 0.15) is 71.6 Å². The first kappa shape index (κ1) is 21.6. The van der Waals surface area contributed by atoms with Crippen LogP contribution in [0.3, 0.4) is 0 Å². The maximum Gasteiger partial charge on any atom is 0.226 e. The van der Waals surface area contributed by atoms with Crippen molar-refractivity contribution in [2.24, 2.45) is 0 Å². The summed E-state index contributed by atoms with van der Waals surface area (Å²) in [7, 11) is -3.16. The Kier molecular flexibility index (Phi) is 7.62. The SMILES string of the molecule is CCCCCCCP(=O)(C(=O)c1c(C)cc(C)c(C)c1C)c1ccccc1. The number of benzene rings is 2. The summed E-state index contributed by atoms with van der Waals surface area (Å²) in [5, 5.41) is 0.697. The summed E-state index contributed by atoms with van der Waals surface area (Å²) >= 11 is 0. The molecular weight excluding hydrogens is 351 g/mol. The zero-order valence-electron chi connectivity index (χ0n) is 17.5. The van der Waals surface area contributed by atoms with Crippen molar-refractivity contribution in [3.8, 4) is 0 Å². The molecule has 146 valence electrons. The van der Waals surface area contributed by atoms with Crippen LogP contribution in [0.25, 0.3) is 0 Å². The molecule has 0 spiro atoms. The molecule has 0 aliphatic heterocycles. The first-order chi connectivity index (χ1) is 12.8. The van der Waals surface area contributed by atoms with Gasteiger partial charge in [0.1, 0.15) is 0 Å². The number of aryl methyl sites for hydroxylation is 2. The largest absolute Gasteiger partial charge is 0.310 e. The fourth-order valence-corrected chi connectivity index (χ4v) is 6.47.